The molecule has 0 aromatic rings. The maximum Gasteiger partial charge on any atom is 0.331 e. The number of amides is 4. The summed E-state index contributed by atoms with van der Waals surface area (Å²) in [5.41, 5.74) is -0.0692. The molecule has 1 saturated carbocycles. The number of barbiturate groups is 1. The molecule has 2 atom stereocenters. The molecule has 2 rings (SSSR count). The van der Waals surface area contributed by atoms with Crippen molar-refractivity contribution in [2.45, 2.75) is 38.8 Å². The van der Waals surface area contributed by atoms with E-state index in [-0.39, 0.29) is 18.0 Å². The van der Waals surface area contributed by atoms with E-state index in [4.69, 9.17) is 0 Å². The first-order valence-corrected chi connectivity index (χ1v) is 7.22. The number of carbonyl (C=O) groups excluding carboxylic acids is 3. The molecule has 0 aromatic heterocycles. The van der Waals surface area contributed by atoms with E-state index in [2.05, 4.69) is 5.32 Å². The molecule has 0 aromatic carbocycles. The Kier molecular flexibility index (Phi) is 4.88. The van der Waals surface area contributed by atoms with Gasteiger partial charge in [0.1, 0.15) is 11.7 Å². The molecule has 0 bridgehead atoms. The van der Waals surface area contributed by atoms with E-state index < -0.39 is 24.0 Å². The van der Waals surface area contributed by atoms with Crippen LogP contribution in [0.3, 0.4) is 0 Å². The first kappa shape index (κ1) is 15.4. The molecule has 21 heavy (non-hydrogen) atoms. The standard InChI is InChI=1S/C15H19FN2O3/c1-2-18-14(20)12(13(19)17-15(18)21)8-4-6-10-5-3-7-11(16)9-10/h4,6,8,10-11H,2-3,5,7,9H2,1H3,(H,17,19,21)/b6-4+,12-8+. The zero-order chi connectivity index (χ0) is 15.4. The predicted octanol–water partition coefficient (Wildman–Crippen LogP) is 2.10. The summed E-state index contributed by atoms with van der Waals surface area (Å²) in [7, 11) is 0. The smallest absolute Gasteiger partial charge is 0.273 e. The van der Waals surface area contributed by atoms with Crippen LogP contribution < -0.4 is 5.32 Å². The zero-order valence-electron chi connectivity index (χ0n) is 12.0. The average molecular weight is 294 g/mol. The van der Waals surface area contributed by atoms with Crippen LogP contribution in [0.25, 0.3) is 0 Å². The largest absolute Gasteiger partial charge is 0.331 e. The molecule has 2 fully saturated rings. The van der Waals surface area contributed by atoms with Gasteiger partial charge in [-0.25, -0.2) is 9.18 Å². The number of hydrogen-bond donors (Lipinski definition) is 1. The quantitative estimate of drug-likeness (QED) is 0.640. The van der Waals surface area contributed by atoms with Crippen molar-refractivity contribution in [3.05, 3.63) is 23.8 Å². The second kappa shape index (κ2) is 6.65. The maximum atomic E-state index is 13.3. The second-order valence-electron chi connectivity index (χ2n) is 5.30. The van der Waals surface area contributed by atoms with E-state index in [9.17, 15) is 18.8 Å². The summed E-state index contributed by atoms with van der Waals surface area (Å²) in [4.78, 5) is 36.1. The third kappa shape index (κ3) is 3.56. The normalized spacial score (nSPS) is 29.3. The molecular weight excluding hydrogens is 275 g/mol. The number of rotatable bonds is 3. The van der Waals surface area contributed by atoms with E-state index >= 15 is 0 Å². The van der Waals surface area contributed by atoms with Crippen LogP contribution in [0, 0.1) is 5.92 Å². The molecular formula is C15H19FN2O3. The number of hydrogen-bond acceptors (Lipinski definition) is 3. The fraction of sp³-hybridized carbons (Fsp3) is 0.533. The van der Waals surface area contributed by atoms with Gasteiger partial charge in [0, 0.05) is 6.54 Å². The van der Waals surface area contributed by atoms with Gasteiger partial charge in [-0.15, -0.1) is 0 Å². The first-order valence-electron chi connectivity index (χ1n) is 7.22. The van der Waals surface area contributed by atoms with E-state index in [1.165, 1.54) is 6.08 Å². The Morgan fingerprint density at radius 2 is 2.10 bits per heavy atom. The SMILES string of the molecule is CCN1C(=O)NC(=O)/C(=C\C=C\C2CCCC(F)C2)C1=O. The summed E-state index contributed by atoms with van der Waals surface area (Å²) in [6.45, 7) is 1.86. The van der Waals surface area contributed by atoms with E-state index in [0.29, 0.717) is 12.8 Å². The Bertz CT molecular complexity index is 513. The Morgan fingerprint density at radius 3 is 2.76 bits per heavy atom. The van der Waals surface area contributed by atoms with Crippen LogP contribution in [0.2, 0.25) is 0 Å². The van der Waals surface area contributed by atoms with Gasteiger partial charge in [0.15, 0.2) is 0 Å². The van der Waals surface area contributed by atoms with Crippen molar-refractivity contribution in [3.8, 4) is 0 Å². The molecule has 0 spiro atoms. The van der Waals surface area contributed by atoms with Gasteiger partial charge in [-0.1, -0.05) is 12.2 Å². The van der Waals surface area contributed by atoms with Crippen molar-refractivity contribution in [2.24, 2.45) is 5.92 Å². The lowest BCUT2D eigenvalue weighted by Crippen LogP contribution is -2.53. The fourth-order valence-corrected chi connectivity index (χ4v) is 2.65. The third-order valence-electron chi connectivity index (χ3n) is 3.80. The van der Waals surface area contributed by atoms with Crippen molar-refractivity contribution in [2.75, 3.05) is 6.54 Å². The number of likely N-dealkylation sites (N-methyl/N-ethyl adjacent to an activating group) is 1. The highest BCUT2D eigenvalue weighted by Gasteiger charge is 2.34. The van der Waals surface area contributed by atoms with Gasteiger partial charge >= 0.3 is 6.03 Å². The number of nitrogens with zero attached hydrogens (tertiary/aromatic N) is 1. The van der Waals surface area contributed by atoms with Crippen molar-refractivity contribution < 1.29 is 18.8 Å². The van der Waals surface area contributed by atoms with Crippen molar-refractivity contribution in [1.29, 1.82) is 0 Å². The van der Waals surface area contributed by atoms with Gasteiger partial charge in [-0.05, 0) is 44.6 Å². The van der Waals surface area contributed by atoms with Crippen LogP contribution >= 0.6 is 0 Å². The maximum absolute atomic E-state index is 13.3. The predicted molar refractivity (Wildman–Crippen MR) is 75.0 cm³/mol. The average Bonchev–Trinajstić information content (AvgIpc) is 2.43. The van der Waals surface area contributed by atoms with Crippen molar-refractivity contribution in [1.82, 2.24) is 10.2 Å². The molecule has 6 heteroatoms. The molecule has 0 radical (unpaired) electrons. The number of urea groups is 1. The fourth-order valence-electron chi connectivity index (χ4n) is 2.65. The number of carbonyl (C=O) groups is 3. The summed E-state index contributed by atoms with van der Waals surface area (Å²) < 4.78 is 13.3. The van der Waals surface area contributed by atoms with Crippen LogP contribution in [0.15, 0.2) is 23.8 Å². The van der Waals surface area contributed by atoms with Gasteiger partial charge < -0.3 is 0 Å². The minimum atomic E-state index is -0.770. The molecule has 1 heterocycles. The number of nitrogens with one attached hydrogen (secondary N) is 1. The van der Waals surface area contributed by atoms with E-state index in [1.54, 1.807) is 13.0 Å². The molecule has 2 unspecified atom stereocenters. The Hall–Kier alpha value is -1.98. The molecule has 1 saturated heterocycles. The summed E-state index contributed by atoms with van der Waals surface area (Å²) >= 11 is 0. The lowest BCUT2D eigenvalue weighted by atomic mass is 9.88. The number of imide groups is 2. The second-order valence-corrected chi connectivity index (χ2v) is 5.30. The molecule has 2 aliphatic rings. The van der Waals surface area contributed by atoms with Crippen molar-refractivity contribution >= 4 is 17.8 Å². The first-order chi connectivity index (χ1) is 10.0. The highest BCUT2D eigenvalue weighted by molar-refractivity contribution is 6.28. The molecule has 1 N–H and O–H groups in total. The minimum Gasteiger partial charge on any atom is -0.273 e. The summed E-state index contributed by atoms with van der Waals surface area (Å²) in [5, 5.41) is 2.12. The Labute approximate surface area is 122 Å². The van der Waals surface area contributed by atoms with Crippen molar-refractivity contribution in [3.63, 3.8) is 0 Å². The van der Waals surface area contributed by atoms with Gasteiger partial charge in [0.05, 0.1) is 0 Å². The Balaban J connectivity index is 2.06. The van der Waals surface area contributed by atoms with E-state index in [0.717, 1.165) is 17.7 Å². The van der Waals surface area contributed by atoms with Gasteiger partial charge in [0.2, 0.25) is 0 Å². The molecule has 4 amide bonds. The van der Waals surface area contributed by atoms with Gasteiger partial charge in [0.25, 0.3) is 11.8 Å². The lowest BCUT2D eigenvalue weighted by Gasteiger charge is -2.24. The van der Waals surface area contributed by atoms with Crippen LogP contribution in [0.1, 0.15) is 32.6 Å². The minimum absolute atomic E-state index is 0.0692. The zero-order valence-corrected chi connectivity index (χ0v) is 12.0. The molecule has 1 aliphatic heterocycles. The Morgan fingerprint density at radius 1 is 1.33 bits per heavy atom. The molecule has 1 aliphatic carbocycles. The highest BCUT2D eigenvalue weighted by atomic mass is 19.1. The summed E-state index contributed by atoms with van der Waals surface area (Å²) in [6, 6.07) is -0.693. The monoisotopic (exact) mass is 294 g/mol. The van der Waals surface area contributed by atoms with Gasteiger partial charge in [-0.3, -0.25) is 19.8 Å². The molecule has 5 nitrogen and oxygen atoms in total. The number of alkyl halides is 1. The number of halogens is 1. The number of allylic oxidation sites excluding steroid dienone is 3. The molecule has 114 valence electrons. The van der Waals surface area contributed by atoms with E-state index in [1.807, 2.05) is 6.08 Å². The summed E-state index contributed by atoms with van der Waals surface area (Å²) in [6.07, 6.45) is 6.93. The van der Waals surface area contributed by atoms with Crippen LogP contribution in [-0.2, 0) is 9.59 Å². The van der Waals surface area contributed by atoms with Crippen LogP contribution in [0.4, 0.5) is 9.18 Å². The van der Waals surface area contributed by atoms with Gasteiger partial charge in [-0.2, -0.15) is 0 Å². The summed E-state index contributed by atoms with van der Waals surface area (Å²) in [5.74, 6) is -1.15. The lowest BCUT2D eigenvalue weighted by molar-refractivity contribution is -0.130. The van der Waals surface area contributed by atoms with Crippen LogP contribution in [-0.4, -0.2) is 35.5 Å². The third-order valence-corrected chi connectivity index (χ3v) is 3.80. The van der Waals surface area contributed by atoms with Crippen LogP contribution in [0.5, 0.6) is 0 Å². The highest BCUT2D eigenvalue weighted by Crippen LogP contribution is 2.27. The topological polar surface area (TPSA) is 66.5 Å².